The second-order valence-electron chi connectivity index (χ2n) is 4.34. The molecule has 0 heterocycles. The molecule has 0 saturated heterocycles. The van der Waals surface area contributed by atoms with E-state index < -0.39 is 23.5 Å². The van der Waals surface area contributed by atoms with Crippen LogP contribution in [-0.4, -0.2) is 0 Å². The van der Waals surface area contributed by atoms with Gasteiger partial charge in [0.1, 0.15) is 17.5 Å². The Morgan fingerprint density at radius 3 is 2.30 bits per heavy atom. The zero-order chi connectivity index (χ0) is 14.7. The van der Waals surface area contributed by atoms with Crippen molar-refractivity contribution >= 4 is 15.9 Å². The maximum atomic E-state index is 13.7. The van der Waals surface area contributed by atoms with Crippen molar-refractivity contribution < 1.29 is 13.2 Å². The highest BCUT2D eigenvalue weighted by atomic mass is 79.9. The standard InChI is InChI=1S/C14H12BrF3N2/c15-9-3-1-2-8(4-9)5-13(20-19)14-11(17)6-10(16)7-12(14)18/h1-4,6-7,13,20H,5,19H2. The molecule has 0 aliphatic carbocycles. The Labute approximate surface area is 122 Å². The SMILES string of the molecule is NNC(Cc1cccc(Br)c1)c1c(F)cc(F)cc1F. The first-order valence-corrected chi connectivity index (χ1v) is 6.65. The van der Waals surface area contributed by atoms with E-state index >= 15 is 0 Å². The quantitative estimate of drug-likeness (QED) is 0.656. The van der Waals surface area contributed by atoms with Crippen molar-refractivity contribution in [3.63, 3.8) is 0 Å². The molecule has 0 aromatic heterocycles. The van der Waals surface area contributed by atoms with Gasteiger partial charge in [-0.3, -0.25) is 11.3 Å². The molecule has 0 saturated carbocycles. The molecule has 2 nitrogen and oxygen atoms in total. The van der Waals surface area contributed by atoms with Crippen LogP contribution in [0.3, 0.4) is 0 Å². The van der Waals surface area contributed by atoms with E-state index in [2.05, 4.69) is 21.4 Å². The molecule has 0 spiro atoms. The van der Waals surface area contributed by atoms with Gasteiger partial charge >= 0.3 is 0 Å². The minimum atomic E-state index is -0.958. The summed E-state index contributed by atoms with van der Waals surface area (Å²) in [6, 6.07) is 7.79. The molecule has 106 valence electrons. The summed E-state index contributed by atoms with van der Waals surface area (Å²) in [6.45, 7) is 0. The lowest BCUT2D eigenvalue weighted by atomic mass is 9.98. The summed E-state index contributed by atoms with van der Waals surface area (Å²) in [6.07, 6.45) is 0.273. The van der Waals surface area contributed by atoms with Gasteiger partial charge in [0, 0.05) is 22.2 Å². The van der Waals surface area contributed by atoms with E-state index in [0.29, 0.717) is 12.1 Å². The third-order valence-electron chi connectivity index (χ3n) is 2.92. The maximum Gasteiger partial charge on any atom is 0.133 e. The number of hydrogen-bond acceptors (Lipinski definition) is 2. The molecular formula is C14H12BrF3N2. The van der Waals surface area contributed by atoms with Crippen molar-refractivity contribution in [3.8, 4) is 0 Å². The lowest BCUT2D eigenvalue weighted by molar-refractivity contribution is 0.462. The smallest absolute Gasteiger partial charge is 0.133 e. The molecule has 20 heavy (non-hydrogen) atoms. The molecule has 2 rings (SSSR count). The average molecular weight is 345 g/mol. The minimum Gasteiger partial charge on any atom is -0.271 e. The first-order valence-electron chi connectivity index (χ1n) is 5.86. The summed E-state index contributed by atoms with van der Waals surface area (Å²) in [5.74, 6) is 2.51. The lowest BCUT2D eigenvalue weighted by Gasteiger charge is -2.18. The number of hydrazine groups is 1. The number of hydrogen-bond donors (Lipinski definition) is 2. The first kappa shape index (κ1) is 15.0. The maximum absolute atomic E-state index is 13.7. The van der Waals surface area contributed by atoms with E-state index in [1.54, 1.807) is 0 Å². The molecule has 2 aromatic rings. The third-order valence-corrected chi connectivity index (χ3v) is 3.42. The van der Waals surface area contributed by atoms with Crippen molar-refractivity contribution in [2.45, 2.75) is 12.5 Å². The van der Waals surface area contributed by atoms with Crippen LogP contribution in [-0.2, 0) is 6.42 Å². The van der Waals surface area contributed by atoms with Crippen LogP contribution in [0, 0.1) is 17.5 Å². The zero-order valence-electron chi connectivity index (χ0n) is 10.3. The highest BCUT2D eigenvalue weighted by Crippen LogP contribution is 2.25. The Balaban J connectivity index is 2.34. The van der Waals surface area contributed by atoms with E-state index in [-0.39, 0.29) is 12.0 Å². The van der Waals surface area contributed by atoms with Crippen molar-refractivity contribution in [2.24, 2.45) is 5.84 Å². The molecule has 1 unspecified atom stereocenters. The van der Waals surface area contributed by atoms with Crippen LogP contribution in [0.2, 0.25) is 0 Å². The lowest BCUT2D eigenvalue weighted by Crippen LogP contribution is -2.31. The minimum absolute atomic E-state index is 0.270. The van der Waals surface area contributed by atoms with Crippen molar-refractivity contribution in [1.82, 2.24) is 5.43 Å². The summed E-state index contributed by atoms with van der Waals surface area (Å²) < 4.78 is 41.3. The van der Waals surface area contributed by atoms with Gasteiger partial charge in [0.2, 0.25) is 0 Å². The van der Waals surface area contributed by atoms with E-state index in [1.165, 1.54) is 0 Å². The topological polar surface area (TPSA) is 38.0 Å². The summed E-state index contributed by atoms with van der Waals surface area (Å²) in [4.78, 5) is 0. The molecule has 0 aliphatic heterocycles. The van der Waals surface area contributed by atoms with Gasteiger partial charge in [-0.2, -0.15) is 0 Å². The Hall–Kier alpha value is -1.37. The van der Waals surface area contributed by atoms with Crippen molar-refractivity contribution in [2.75, 3.05) is 0 Å². The largest absolute Gasteiger partial charge is 0.271 e. The Morgan fingerprint density at radius 2 is 1.75 bits per heavy atom. The molecule has 6 heteroatoms. The van der Waals surface area contributed by atoms with Gasteiger partial charge in [-0.1, -0.05) is 28.1 Å². The van der Waals surface area contributed by atoms with E-state index in [9.17, 15) is 13.2 Å². The summed E-state index contributed by atoms with van der Waals surface area (Å²) in [7, 11) is 0. The van der Waals surface area contributed by atoms with Crippen LogP contribution in [0.15, 0.2) is 40.9 Å². The van der Waals surface area contributed by atoms with Crippen LogP contribution >= 0.6 is 15.9 Å². The Bertz CT molecular complexity index is 596. The number of halogens is 4. The summed E-state index contributed by atoms with van der Waals surface area (Å²) in [5, 5.41) is 0. The van der Waals surface area contributed by atoms with Crippen LogP contribution in [0.4, 0.5) is 13.2 Å². The molecule has 0 bridgehead atoms. The van der Waals surface area contributed by atoms with Crippen molar-refractivity contribution in [1.29, 1.82) is 0 Å². The van der Waals surface area contributed by atoms with E-state index in [4.69, 9.17) is 5.84 Å². The molecular weight excluding hydrogens is 333 g/mol. The number of benzene rings is 2. The van der Waals surface area contributed by atoms with Crippen LogP contribution in [0.25, 0.3) is 0 Å². The van der Waals surface area contributed by atoms with Crippen molar-refractivity contribution in [3.05, 3.63) is 69.4 Å². The summed E-state index contributed by atoms with van der Waals surface area (Å²) >= 11 is 3.32. The number of nitrogens with one attached hydrogen (secondary N) is 1. The van der Waals surface area contributed by atoms with Gasteiger partial charge in [-0.15, -0.1) is 0 Å². The van der Waals surface area contributed by atoms with Crippen LogP contribution in [0.1, 0.15) is 17.2 Å². The fourth-order valence-corrected chi connectivity index (χ4v) is 2.48. The van der Waals surface area contributed by atoms with E-state index in [0.717, 1.165) is 10.0 Å². The van der Waals surface area contributed by atoms with E-state index in [1.807, 2.05) is 24.3 Å². The van der Waals surface area contributed by atoms with Gasteiger partial charge in [0.15, 0.2) is 0 Å². The zero-order valence-corrected chi connectivity index (χ0v) is 11.9. The predicted octanol–water partition coefficient (Wildman–Crippen LogP) is 3.61. The van der Waals surface area contributed by atoms with Crippen LogP contribution < -0.4 is 11.3 Å². The van der Waals surface area contributed by atoms with Gasteiger partial charge in [0.25, 0.3) is 0 Å². The molecule has 0 radical (unpaired) electrons. The normalized spacial score (nSPS) is 12.4. The van der Waals surface area contributed by atoms with Gasteiger partial charge in [-0.05, 0) is 24.1 Å². The fraction of sp³-hybridized carbons (Fsp3) is 0.143. The fourth-order valence-electron chi connectivity index (χ4n) is 2.03. The number of nitrogens with two attached hydrogens (primary N) is 1. The first-order chi connectivity index (χ1) is 9.51. The summed E-state index contributed by atoms with van der Waals surface area (Å²) in [5.41, 5.74) is 2.94. The molecule has 0 aliphatic rings. The molecule has 0 fully saturated rings. The molecule has 0 amide bonds. The molecule has 1 atom stereocenters. The van der Waals surface area contributed by atoms with Gasteiger partial charge in [0.05, 0.1) is 6.04 Å². The molecule has 3 N–H and O–H groups in total. The average Bonchev–Trinajstić information content (AvgIpc) is 2.36. The second kappa shape index (κ2) is 6.39. The molecule has 2 aromatic carbocycles. The predicted molar refractivity (Wildman–Crippen MR) is 74.2 cm³/mol. The monoisotopic (exact) mass is 344 g/mol. The Morgan fingerprint density at radius 1 is 1.10 bits per heavy atom. The highest BCUT2D eigenvalue weighted by Gasteiger charge is 2.21. The Kier molecular flexibility index (Phi) is 4.80. The van der Waals surface area contributed by atoms with Crippen LogP contribution in [0.5, 0.6) is 0 Å². The second-order valence-corrected chi connectivity index (χ2v) is 5.25. The highest BCUT2D eigenvalue weighted by molar-refractivity contribution is 9.10. The third kappa shape index (κ3) is 3.39. The van der Waals surface area contributed by atoms with Gasteiger partial charge in [-0.25, -0.2) is 13.2 Å². The number of rotatable bonds is 4. The van der Waals surface area contributed by atoms with Gasteiger partial charge < -0.3 is 0 Å².